The van der Waals surface area contributed by atoms with Crippen LogP contribution in [0.25, 0.3) is 0 Å². The molecule has 1 heterocycles. The quantitative estimate of drug-likeness (QED) is 0.245. The second-order valence-electron chi connectivity index (χ2n) is 7.40. The fraction of sp³-hybridized carbons (Fsp3) is 0.818. The third kappa shape index (κ3) is 12.1. The Balaban J connectivity index is 1.81. The number of allylic oxidation sites excluding steroid dienone is 2. The van der Waals surface area contributed by atoms with Crippen LogP contribution < -0.4 is 0 Å². The third-order valence-corrected chi connectivity index (χ3v) is 4.88. The molecule has 0 atom stereocenters. The zero-order chi connectivity index (χ0) is 18.9. The molecule has 0 radical (unpaired) electrons. The van der Waals surface area contributed by atoms with E-state index >= 15 is 0 Å². The zero-order valence-corrected chi connectivity index (χ0v) is 16.8. The molecule has 0 aromatic heterocycles. The van der Waals surface area contributed by atoms with Gasteiger partial charge < -0.3 is 4.84 Å². The van der Waals surface area contributed by atoms with Gasteiger partial charge in [0.1, 0.15) is 0 Å². The predicted octanol–water partition coefficient (Wildman–Crippen LogP) is 6.10. The van der Waals surface area contributed by atoms with Crippen molar-refractivity contribution >= 4 is 11.9 Å². The lowest BCUT2D eigenvalue weighted by molar-refractivity contribution is -0.192. The number of hydroxylamine groups is 2. The molecule has 0 unspecified atom stereocenters. The maximum Gasteiger partial charge on any atom is 0.332 e. The van der Waals surface area contributed by atoms with Crippen molar-refractivity contribution in [3.05, 3.63) is 12.2 Å². The Kier molecular flexibility index (Phi) is 13.9. The van der Waals surface area contributed by atoms with Crippen LogP contribution in [0.3, 0.4) is 0 Å². The Morgan fingerprint density at radius 3 is 2.08 bits per heavy atom. The van der Waals surface area contributed by atoms with Crippen molar-refractivity contribution in [3.8, 4) is 0 Å². The highest BCUT2D eigenvalue weighted by Crippen LogP contribution is 2.13. The van der Waals surface area contributed by atoms with E-state index in [0.29, 0.717) is 19.4 Å². The monoisotopic (exact) mass is 365 g/mol. The van der Waals surface area contributed by atoms with Gasteiger partial charge in [-0.3, -0.25) is 4.79 Å². The van der Waals surface area contributed by atoms with Gasteiger partial charge in [-0.1, -0.05) is 70.4 Å². The van der Waals surface area contributed by atoms with Crippen LogP contribution in [-0.2, 0) is 14.4 Å². The molecule has 1 amide bonds. The summed E-state index contributed by atoms with van der Waals surface area (Å²) in [6.45, 7) is 2.81. The van der Waals surface area contributed by atoms with Gasteiger partial charge in [0, 0.05) is 12.8 Å². The van der Waals surface area contributed by atoms with Crippen molar-refractivity contribution in [2.24, 2.45) is 0 Å². The lowest BCUT2D eigenvalue weighted by Crippen LogP contribution is -2.28. The maximum atomic E-state index is 11.7. The SMILES string of the molecule is CCCCCCCC/C=C\CCCCCCCC(=O)ON1CCCC1=O. The Morgan fingerprint density at radius 1 is 0.923 bits per heavy atom. The number of amides is 1. The van der Waals surface area contributed by atoms with Crippen LogP contribution in [0.1, 0.15) is 110 Å². The number of unbranched alkanes of at least 4 members (excludes halogenated alkanes) is 11. The van der Waals surface area contributed by atoms with Crippen LogP contribution >= 0.6 is 0 Å². The van der Waals surface area contributed by atoms with Gasteiger partial charge in [-0.2, -0.15) is 5.06 Å². The van der Waals surface area contributed by atoms with Gasteiger partial charge in [0.15, 0.2) is 0 Å². The van der Waals surface area contributed by atoms with Gasteiger partial charge in [0.05, 0.1) is 6.54 Å². The number of carbonyl (C=O) groups excluding carboxylic acids is 2. The van der Waals surface area contributed by atoms with Crippen LogP contribution in [0, 0.1) is 0 Å². The van der Waals surface area contributed by atoms with Gasteiger partial charge >= 0.3 is 5.97 Å². The molecule has 0 aliphatic carbocycles. The first-order valence-electron chi connectivity index (χ1n) is 10.9. The summed E-state index contributed by atoms with van der Waals surface area (Å²) in [7, 11) is 0. The summed E-state index contributed by atoms with van der Waals surface area (Å²) >= 11 is 0. The average molecular weight is 366 g/mol. The number of carbonyl (C=O) groups is 2. The van der Waals surface area contributed by atoms with Crippen molar-refractivity contribution in [2.45, 2.75) is 110 Å². The molecular weight excluding hydrogens is 326 g/mol. The molecule has 150 valence electrons. The lowest BCUT2D eigenvalue weighted by Gasteiger charge is -2.14. The van der Waals surface area contributed by atoms with Crippen LogP contribution in [0.15, 0.2) is 12.2 Å². The highest BCUT2D eigenvalue weighted by Gasteiger charge is 2.23. The molecule has 1 aliphatic heterocycles. The topological polar surface area (TPSA) is 46.6 Å². The number of hydrogen-bond acceptors (Lipinski definition) is 3. The summed E-state index contributed by atoms with van der Waals surface area (Å²) in [5, 5.41) is 1.22. The van der Waals surface area contributed by atoms with E-state index in [0.717, 1.165) is 19.3 Å². The molecule has 0 bridgehead atoms. The van der Waals surface area contributed by atoms with E-state index in [-0.39, 0.29) is 11.9 Å². The van der Waals surface area contributed by atoms with Crippen molar-refractivity contribution in [2.75, 3.05) is 6.54 Å². The van der Waals surface area contributed by atoms with Crippen molar-refractivity contribution < 1.29 is 14.4 Å². The van der Waals surface area contributed by atoms with E-state index in [1.54, 1.807) is 0 Å². The van der Waals surface area contributed by atoms with E-state index in [4.69, 9.17) is 4.84 Å². The van der Waals surface area contributed by atoms with Gasteiger partial charge in [-0.05, 0) is 38.5 Å². The minimum absolute atomic E-state index is 0.0668. The van der Waals surface area contributed by atoms with Gasteiger partial charge in [-0.25, -0.2) is 4.79 Å². The average Bonchev–Trinajstić information content (AvgIpc) is 3.03. The van der Waals surface area contributed by atoms with Crippen molar-refractivity contribution in [3.63, 3.8) is 0 Å². The van der Waals surface area contributed by atoms with Crippen LogP contribution in [-0.4, -0.2) is 23.5 Å². The fourth-order valence-corrected chi connectivity index (χ4v) is 3.23. The summed E-state index contributed by atoms with van der Waals surface area (Å²) in [5.74, 6) is -0.333. The van der Waals surface area contributed by atoms with Gasteiger partial charge in [-0.15, -0.1) is 0 Å². The maximum absolute atomic E-state index is 11.7. The zero-order valence-electron chi connectivity index (χ0n) is 16.8. The van der Waals surface area contributed by atoms with E-state index in [1.165, 1.54) is 75.7 Å². The number of hydrogen-bond donors (Lipinski definition) is 0. The second kappa shape index (κ2) is 15.9. The smallest absolute Gasteiger partial charge is 0.332 e. The summed E-state index contributed by atoms with van der Waals surface area (Å²) in [6.07, 6.45) is 22.5. The molecule has 1 aliphatic rings. The van der Waals surface area contributed by atoms with E-state index < -0.39 is 0 Å². The predicted molar refractivity (Wildman–Crippen MR) is 106 cm³/mol. The lowest BCUT2D eigenvalue weighted by atomic mass is 10.1. The Hall–Kier alpha value is -1.32. The fourth-order valence-electron chi connectivity index (χ4n) is 3.23. The van der Waals surface area contributed by atoms with Crippen molar-refractivity contribution in [1.82, 2.24) is 5.06 Å². The summed E-state index contributed by atoms with van der Waals surface area (Å²) in [4.78, 5) is 28.1. The molecule has 0 aromatic carbocycles. The molecule has 0 spiro atoms. The van der Waals surface area contributed by atoms with E-state index in [9.17, 15) is 9.59 Å². The Bertz CT molecular complexity index is 406. The molecule has 0 saturated carbocycles. The standard InChI is InChI=1S/C22H39NO3/c1-2-3-4-5-6-7-8-9-10-11-12-13-14-15-16-19-22(25)26-23-20-17-18-21(23)24/h9-10H,2-8,11-20H2,1H3/b10-9-. The molecule has 26 heavy (non-hydrogen) atoms. The molecule has 0 aromatic rings. The molecule has 1 saturated heterocycles. The van der Waals surface area contributed by atoms with Gasteiger partial charge in [0.25, 0.3) is 5.91 Å². The largest absolute Gasteiger partial charge is 0.338 e. The summed E-state index contributed by atoms with van der Waals surface area (Å²) in [5.41, 5.74) is 0. The number of rotatable bonds is 16. The van der Waals surface area contributed by atoms with Crippen LogP contribution in [0.2, 0.25) is 0 Å². The molecule has 4 heteroatoms. The summed E-state index contributed by atoms with van der Waals surface area (Å²) < 4.78 is 0. The minimum atomic E-state index is -0.266. The second-order valence-corrected chi connectivity index (χ2v) is 7.40. The molecular formula is C22H39NO3. The van der Waals surface area contributed by atoms with E-state index in [2.05, 4.69) is 19.1 Å². The molecule has 4 nitrogen and oxygen atoms in total. The first kappa shape index (κ1) is 22.7. The van der Waals surface area contributed by atoms with Crippen molar-refractivity contribution in [1.29, 1.82) is 0 Å². The van der Waals surface area contributed by atoms with Crippen LogP contribution in [0.5, 0.6) is 0 Å². The molecule has 1 fully saturated rings. The molecule has 1 rings (SSSR count). The van der Waals surface area contributed by atoms with E-state index in [1.807, 2.05) is 0 Å². The Labute approximate surface area is 160 Å². The number of nitrogens with zero attached hydrogens (tertiary/aromatic N) is 1. The first-order valence-corrected chi connectivity index (χ1v) is 10.9. The van der Waals surface area contributed by atoms with Gasteiger partial charge in [0.2, 0.25) is 0 Å². The Morgan fingerprint density at radius 2 is 1.50 bits per heavy atom. The molecule has 0 N–H and O–H groups in total. The first-order chi connectivity index (χ1) is 12.7. The summed E-state index contributed by atoms with van der Waals surface area (Å²) in [6, 6.07) is 0. The minimum Gasteiger partial charge on any atom is -0.338 e. The highest BCUT2D eigenvalue weighted by molar-refractivity contribution is 5.79. The normalized spacial score (nSPS) is 14.5. The highest BCUT2D eigenvalue weighted by atomic mass is 16.7. The van der Waals surface area contributed by atoms with Crippen LogP contribution in [0.4, 0.5) is 0 Å². The third-order valence-electron chi connectivity index (χ3n) is 4.88.